The molecule has 1 amide bonds. The minimum atomic E-state index is -0.346. The molecule has 0 saturated carbocycles. The van der Waals surface area contributed by atoms with Crippen molar-refractivity contribution < 1.29 is 28.3 Å². The maximum Gasteiger partial charge on any atom is 0.287 e. The lowest BCUT2D eigenvalue weighted by Crippen LogP contribution is -2.14. The van der Waals surface area contributed by atoms with Crippen LogP contribution in [-0.2, 0) is 6.61 Å². The number of nitrogens with one attached hydrogen (secondary N) is 1. The summed E-state index contributed by atoms with van der Waals surface area (Å²) < 4.78 is 28.0. The van der Waals surface area contributed by atoms with Crippen LogP contribution in [0.4, 0.5) is 5.69 Å². The summed E-state index contributed by atoms with van der Waals surface area (Å²) in [6.45, 7) is 1.85. The number of nitrogens with zero attached hydrogens (tertiary/aromatic N) is 2. The quantitative estimate of drug-likeness (QED) is 0.421. The Bertz CT molecular complexity index is 1370. The number of hydrogen-bond acceptors (Lipinski definition) is 8. The first kappa shape index (κ1) is 22.7. The summed E-state index contributed by atoms with van der Waals surface area (Å²) in [6.07, 6.45) is 0. The number of hydrogen-bond donors (Lipinski definition) is 1. The first-order chi connectivity index (χ1) is 16.4. The molecule has 2 aromatic heterocycles. The molecule has 0 bridgehead atoms. The molecular weight excluding hydrogens is 442 g/mol. The number of amides is 1. The van der Waals surface area contributed by atoms with Crippen LogP contribution in [-0.4, -0.2) is 36.8 Å². The van der Waals surface area contributed by atoms with E-state index < -0.39 is 0 Å². The fourth-order valence-electron chi connectivity index (χ4n) is 3.35. The second-order valence-corrected chi connectivity index (χ2v) is 7.27. The van der Waals surface area contributed by atoms with Crippen molar-refractivity contribution in [2.24, 2.45) is 0 Å². The number of anilines is 1. The summed E-state index contributed by atoms with van der Waals surface area (Å²) in [5.41, 5.74) is 1.50. The molecule has 0 aliphatic heterocycles. The van der Waals surface area contributed by atoms with Gasteiger partial charge in [0.15, 0.2) is 17.1 Å². The van der Waals surface area contributed by atoms with Crippen LogP contribution in [0.3, 0.4) is 0 Å². The van der Waals surface area contributed by atoms with Crippen LogP contribution in [0.2, 0.25) is 0 Å². The van der Waals surface area contributed by atoms with Gasteiger partial charge < -0.3 is 28.8 Å². The van der Waals surface area contributed by atoms with Crippen LogP contribution in [0.25, 0.3) is 5.65 Å². The van der Waals surface area contributed by atoms with E-state index in [-0.39, 0.29) is 18.1 Å². The van der Waals surface area contributed by atoms with E-state index in [0.29, 0.717) is 51.4 Å². The number of benzene rings is 2. The molecule has 2 heterocycles. The molecule has 0 fully saturated rings. The second kappa shape index (κ2) is 9.57. The summed E-state index contributed by atoms with van der Waals surface area (Å²) >= 11 is 0. The number of aryl methyl sites for hydroxylation is 1. The average Bonchev–Trinajstić information content (AvgIpc) is 3.23. The summed E-state index contributed by atoms with van der Waals surface area (Å²) in [5, 5.41) is 2.82. The van der Waals surface area contributed by atoms with E-state index in [1.54, 1.807) is 49.4 Å². The fraction of sp³-hybridized carbons (Fsp3) is 0.208. The lowest BCUT2D eigenvalue weighted by atomic mass is 10.1. The van der Waals surface area contributed by atoms with E-state index >= 15 is 0 Å². The Hall–Kier alpha value is -4.47. The minimum Gasteiger partial charge on any atom is -0.493 e. The van der Waals surface area contributed by atoms with Crippen molar-refractivity contribution in [1.82, 2.24) is 9.56 Å². The molecule has 0 saturated heterocycles. The predicted octanol–water partition coefficient (Wildman–Crippen LogP) is 3.45. The molecule has 0 unspecified atom stereocenters. The third-order valence-electron chi connectivity index (χ3n) is 4.95. The SMILES string of the molecule is COc1cc(C(=O)Nc2ccc(OCc3cc(=O)n4oc(C)cc4n3)cc2)cc(OC)c1OC. The second-order valence-electron chi connectivity index (χ2n) is 7.27. The van der Waals surface area contributed by atoms with E-state index in [1.807, 2.05) is 0 Å². The van der Waals surface area contributed by atoms with Crippen LogP contribution in [0.1, 0.15) is 21.8 Å². The fourth-order valence-corrected chi connectivity index (χ4v) is 3.35. The molecule has 4 aromatic rings. The molecule has 0 aliphatic carbocycles. The highest BCUT2D eigenvalue weighted by molar-refractivity contribution is 6.05. The van der Waals surface area contributed by atoms with E-state index in [0.717, 1.165) is 4.57 Å². The van der Waals surface area contributed by atoms with E-state index in [4.69, 9.17) is 23.5 Å². The van der Waals surface area contributed by atoms with Gasteiger partial charge >= 0.3 is 0 Å². The lowest BCUT2D eigenvalue weighted by Gasteiger charge is -2.14. The zero-order chi connectivity index (χ0) is 24.2. The summed E-state index contributed by atoms with van der Waals surface area (Å²) in [7, 11) is 4.46. The van der Waals surface area contributed by atoms with Gasteiger partial charge in [-0.05, 0) is 43.3 Å². The number of aromatic nitrogens is 2. The Labute approximate surface area is 194 Å². The largest absolute Gasteiger partial charge is 0.493 e. The molecule has 0 spiro atoms. The number of carbonyl (C=O) groups is 1. The molecule has 0 aliphatic rings. The Morgan fingerprint density at radius 2 is 1.68 bits per heavy atom. The van der Waals surface area contributed by atoms with Crippen molar-refractivity contribution >= 4 is 17.2 Å². The molecule has 4 rings (SSSR count). The third-order valence-corrected chi connectivity index (χ3v) is 4.95. The highest BCUT2D eigenvalue weighted by Gasteiger charge is 2.17. The van der Waals surface area contributed by atoms with Gasteiger partial charge in [-0.25, -0.2) is 4.98 Å². The van der Waals surface area contributed by atoms with E-state index in [1.165, 1.54) is 27.4 Å². The third kappa shape index (κ3) is 4.65. The topological polar surface area (TPSA) is 114 Å². The first-order valence-corrected chi connectivity index (χ1v) is 10.3. The van der Waals surface area contributed by atoms with Crippen molar-refractivity contribution in [3.8, 4) is 23.0 Å². The Balaban J connectivity index is 1.43. The number of carbonyl (C=O) groups excluding carboxylic acids is 1. The first-order valence-electron chi connectivity index (χ1n) is 10.3. The van der Waals surface area contributed by atoms with Gasteiger partial charge in [0.25, 0.3) is 11.5 Å². The van der Waals surface area contributed by atoms with Crippen LogP contribution < -0.4 is 29.8 Å². The van der Waals surface area contributed by atoms with E-state index in [2.05, 4.69) is 10.3 Å². The Morgan fingerprint density at radius 1 is 1.00 bits per heavy atom. The van der Waals surface area contributed by atoms with Gasteiger partial charge in [0, 0.05) is 23.4 Å². The summed E-state index contributed by atoms with van der Waals surface area (Å²) in [5.74, 6) is 1.96. The zero-order valence-electron chi connectivity index (χ0n) is 19.1. The van der Waals surface area contributed by atoms with Crippen LogP contribution in [0, 0.1) is 6.92 Å². The zero-order valence-corrected chi connectivity index (χ0v) is 19.1. The monoisotopic (exact) mass is 465 g/mol. The van der Waals surface area contributed by atoms with Gasteiger partial charge in [-0.1, -0.05) is 0 Å². The van der Waals surface area contributed by atoms with Crippen molar-refractivity contribution in [1.29, 1.82) is 0 Å². The highest BCUT2D eigenvalue weighted by atomic mass is 16.5. The summed E-state index contributed by atoms with van der Waals surface area (Å²) in [6, 6.07) is 13.0. The molecule has 10 nitrogen and oxygen atoms in total. The standard InChI is InChI=1S/C24H23N3O7/c1-14-9-21-25-17(12-22(28)27(21)34-14)13-33-18-7-5-16(6-8-18)26-24(29)15-10-19(30-2)23(32-4)20(11-15)31-3/h5-12H,13H2,1-4H3,(H,26,29). The van der Waals surface area contributed by atoms with Gasteiger partial charge in [0.1, 0.15) is 18.1 Å². The average molecular weight is 465 g/mol. The molecule has 10 heteroatoms. The number of fused-ring (bicyclic) bond motifs is 1. The number of ether oxygens (including phenoxy) is 4. The smallest absolute Gasteiger partial charge is 0.287 e. The molecule has 34 heavy (non-hydrogen) atoms. The minimum absolute atomic E-state index is 0.104. The molecule has 1 N–H and O–H groups in total. The van der Waals surface area contributed by atoms with Gasteiger partial charge in [0.05, 0.1) is 27.0 Å². The molecular formula is C24H23N3O7. The number of methoxy groups -OCH3 is 3. The van der Waals surface area contributed by atoms with Crippen molar-refractivity contribution in [2.75, 3.05) is 26.6 Å². The molecule has 2 aromatic carbocycles. The van der Waals surface area contributed by atoms with E-state index in [9.17, 15) is 9.59 Å². The highest BCUT2D eigenvalue weighted by Crippen LogP contribution is 2.38. The van der Waals surface area contributed by atoms with Crippen molar-refractivity contribution in [3.05, 3.63) is 75.9 Å². The maximum absolute atomic E-state index is 12.7. The van der Waals surface area contributed by atoms with Crippen molar-refractivity contribution in [2.45, 2.75) is 13.5 Å². The Morgan fingerprint density at radius 3 is 2.29 bits per heavy atom. The van der Waals surface area contributed by atoms with Crippen LogP contribution in [0.15, 0.2) is 57.8 Å². The number of rotatable bonds is 8. The Kier molecular flexibility index (Phi) is 6.39. The molecule has 0 radical (unpaired) electrons. The van der Waals surface area contributed by atoms with Gasteiger partial charge in [-0.3, -0.25) is 9.59 Å². The summed E-state index contributed by atoms with van der Waals surface area (Å²) in [4.78, 5) is 29.2. The van der Waals surface area contributed by atoms with Crippen LogP contribution >= 0.6 is 0 Å². The molecule has 0 atom stereocenters. The van der Waals surface area contributed by atoms with Crippen LogP contribution in [0.5, 0.6) is 23.0 Å². The van der Waals surface area contributed by atoms with Gasteiger partial charge in [-0.15, -0.1) is 4.57 Å². The van der Waals surface area contributed by atoms with Crippen molar-refractivity contribution in [3.63, 3.8) is 0 Å². The predicted molar refractivity (Wildman–Crippen MR) is 123 cm³/mol. The lowest BCUT2D eigenvalue weighted by molar-refractivity contribution is 0.102. The molecule has 176 valence electrons. The maximum atomic E-state index is 12.7. The van der Waals surface area contributed by atoms with Gasteiger partial charge in [0.2, 0.25) is 5.75 Å². The van der Waals surface area contributed by atoms with Gasteiger partial charge in [-0.2, -0.15) is 0 Å². The normalized spacial score (nSPS) is 10.7.